The molecule has 0 amide bonds. The van der Waals surface area contributed by atoms with Crippen LogP contribution in [0.3, 0.4) is 0 Å². The van der Waals surface area contributed by atoms with Gasteiger partial charge in [-0.2, -0.15) is 11.8 Å². The molecule has 0 spiro atoms. The lowest BCUT2D eigenvalue weighted by atomic mass is 10.1. The maximum absolute atomic E-state index is 13.4. The summed E-state index contributed by atoms with van der Waals surface area (Å²) in [7, 11) is 0. The van der Waals surface area contributed by atoms with Crippen LogP contribution in [0.2, 0.25) is 0 Å². The number of aliphatic imine (C=N–C) groups is 1. The van der Waals surface area contributed by atoms with Crippen LogP contribution in [0, 0.1) is 5.82 Å². The molecule has 3 N–H and O–H groups in total. The smallest absolute Gasteiger partial charge is 0.193 e. The third kappa shape index (κ3) is 6.17. The first kappa shape index (κ1) is 21.6. The Bertz CT molecular complexity index is 805. The number of hydrogen-bond acceptors (Lipinski definition) is 4. The Morgan fingerprint density at radius 2 is 1.93 bits per heavy atom. The lowest BCUT2D eigenvalue weighted by molar-refractivity contribution is 0.297. The molecular weight excluding hydrogens is 480 g/mol. The predicted octanol–water partition coefficient (Wildman–Crippen LogP) is 4.39. The van der Waals surface area contributed by atoms with Crippen LogP contribution < -0.4 is 20.5 Å². The molecule has 146 valence electrons. The number of anilines is 1. The van der Waals surface area contributed by atoms with Gasteiger partial charge in [-0.1, -0.05) is 6.07 Å². The number of fused-ring (bicyclic) bond motifs is 1. The van der Waals surface area contributed by atoms with E-state index in [1.807, 2.05) is 24.5 Å². The molecular formula is C19H23FIN3O2S. The maximum Gasteiger partial charge on any atom is 0.193 e. The third-order valence-electron chi connectivity index (χ3n) is 3.91. The standard InChI is InChI=1S/C19H22FN3O2S.HI/c1-26-12-14-9-15(20)4-3-13(14)11-22-19(21)23-16-5-6-17-18(10-16)25-8-2-7-24-17;/h3-6,9-10H,2,7-8,11-12H2,1H3,(H3,21,22,23);1H. The van der Waals surface area contributed by atoms with Crippen molar-refractivity contribution in [2.75, 3.05) is 24.8 Å². The molecule has 27 heavy (non-hydrogen) atoms. The van der Waals surface area contributed by atoms with Crippen molar-refractivity contribution in [1.82, 2.24) is 0 Å². The molecule has 1 heterocycles. The number of nitrogens with zero attached hydrogens (tertiary/aromatic N) is 1. The van der Waals surface area contributed by atoms with E-state index in [0.29, 0.717) is 31.5 Å². The molecule has 0 unspecified atom stereocenters. The molecule has 0 aromatic heterocycles. The summed E-state index contributed by atoms with van der Waals surface area (Å²) in [5.41, 5.74) is 8.68. The van der Waals surface area contributed by atoms with Gasteiger partial charge in [-0.25, -0.2) is 9.38 Å². The first-order chi connectivity index (χ1) is 12.7. The zero-order valence-electron chi connectivity index (χ0n) is 15.0. The highest BCUT2D eigenvalue weighted by atomic mass is 127. The number of halogens is 2. The average molecular weight is 503 g/mol. The summed E-state index contributed by atoms with van der Waals surface area (Å²) in [6.45, 7) is 1.67. The van der Waals surface area contributed by atoms with E-state index < -0.39 is 0 Å². The van der Waals surface area contributed by atoms with Crippen molar-refractivity contribution in [3.8, 4) is 11.5 Å². The second-order valence-electron chi connectivity index (χ2n) is 5.88. The summed E-state index contributed by atoms with van der Waals surface area (Å²) in [5.74, 6) is 2.22. The molecule has 0 radical (unpaired) electrons. The molecule has 0 saturated heterocycles. The molecule has 0 aliphatic carbocycles. The first-order valence-corrected chi connectivity index (χ1v) is 9.78. The Hall–Kier alpha value is -1.68. The molecule has 1 aliphatic heterocycles. The van der Waals surface area contributed by atoms with E-state index in [1.54, 1.807) is 23.9 Å². The lowest BCUT2D eigenvalue weighted by Crippen LogP contribution is -2.22. The van der Waals surface area contributed by atoms with Crippen molar-refractivity contribution in [3.63, 3.8) is 0 Å². The Labute approximate surface area is 179 Å². The van der Waals surface area contributed by atoms with Gasteiger partial charge in [-0.05, 0) is 41.6 Å². The minimum atomic E-state index is -0.236. The highest BCUT2D eigenvalue weighted by molar-refractivity contribution is 14.0. The topological polar surface area (TPSA) is 68.9 Å². The van der Waals surface area contributed by atoms with Crippen LogP contribution in [0.4, 0.5) is 10.1 Å². The Morgan fingerprint density at radius 1 is 1.15 bits per heavy atom. The normalized spacial score (nSPS) is 13.5. The zero-order chi connectivity index (χ0) is 18.4. The highest BCUT2D eigenvalue weighted by Crippen LogP contribution is 2.32. The third-order valence-corrected chi connectivity index (χ3v) is 4.51. The molecule has 3 rings (SSSR count). The van der Waals surface area contributed by atoms with Crippen molar-refractivity contribution in [2.24, 2.45) is 10.7 Å². The van der Waals surface area contributed by atoms with Crippen molar-refractivity contribution >= 4 is 47.4 Å². The van der Waals surface area contributed by atoms with Crippen molar-refractivity contribution in [2.45, 2.75) is 18.7 Å². The Kier molecular flexibility index (Phi) is 8.49. The van der Waals surface area contributed by atoms with Gasteiger partial charge in [0.1, 0.15) is 5.82 Å². The molecule has 2 aromatic rings. The number of benzene rings is 2. The van der Waals surface area contributed by atoms with E-state index in [1.165, 1.54) is 6.07 Å². The van der Waals surface area contributed by atoms with Crippen molar-refractivity contribution < 1.29 is 13.9 Å². The van der Waals surface area contributed by atoms with Gasteiger partial charge in [0.15, 0.2) is 17.5 Å². The molecule has 2 aromatic carbocycles. The summed E-state index contributed by atoms with van der Waals surface area (Å²) in [6.07, 6.45) is 2.84. The SMILES string of the molecule is CSCc1cc(F)ccc1CN=C(N)Nc1ccc2c(c1)OCCCO2.I. The van der Waals surface area contributed by atoms with Gasteiger partial charge in [0.2, 0.25) is 0 Å². The van der Waals surface area contributed by atoms with Gasteiger partial charge in [0.25, 0.3) is 0 Å². The Balaban J connectivity index is 0.00000261. The quantitative estimate of drug-likeness (QED) is 0.360. The van der Waals surface area contributed by atoms with Crippen molar-refractivity contribution in [3.05, 3.63) is 53.3 Å². The summed E-state index contributed by atoms with van der Waals surface area (Å²) >= 11 is 1.64. The summed E-state index contributed by atoms with van der Waals surface area (Å²) in [5, 5.41) is 3.06. The fraction of sp³-hybridized carbons (Fsp3) is 0.316. The minimum absolute atomic E-state index is 0. The molecule has 0 bridgehead atoms. The molecule has 0 atom stereocenters. The van der Waals surface area contributed by atoms with E-state index in [0.717, 1.165) is 34.7 Å². The van der Waals surface area contributed by atoms with Gasteiger partial charge in [-0.15, -0.1) is 24.0 Å². The molecule has 0 fully saturated rings. The molecule has 0 saturated carbocycles. The fourth-order valence-corrected chi connectivity index (χ4v) is 3.22. The van der Waals surface area contributed by atoms with Crippen LogP contribution >= 0.6 is 35.7 Å². The van der Waals surface area contributed by atoms with Gasteiger partial charge >= 0.3 is 0 Å². The number of thioether (sulfide) groups is 1. The number of ether oxygens (including phenoxy) is 2. The van der Waals surface area contributed by atoms with Crippen LogP contribution in [0.25, 0.3) is 0 Å². The van der Waals surface area contributed by atoms with Crippen molar-refractivity contribution in [1.29, 1.82) is 0 Å². The van der Waals surface area contributed by atoms with E-state index in [9.17, 15) is 4.39 Å². The first-order valence-electron chi connectivity index (χ1n) is 8.38. The predicted molar refractivity (Wildman–Crippen MR) is 120 cm³/mol. The monoisotopic (exact) mass is 503 g/mol. The van der Waals surface area contributed by atoms with Crippen LogP contribution in [0.15, 0.2) is 41.4 Å². The lowest BCUT2D eigenvalue weighted by Gasteiger charge is -2.11. The molecule has 1 aliphatic rings. The van der Waals surface area contributed by atoms with Crippen LogP contribution in [0.5, 0.6) is 11.5 Å². The second kappa shape index (κ2) is 10.6. The van der Waals surface area contributed by atoms with E-state index in [2.05, 4.69) is 10.3 Å². The average Bonchev–Trinajstić information content (AvgIpc) is 2.86. The largest absolute Gasteiger partial charge is 0.490 e. The number of rotatable bonds is 5. The fourth-order valence-electron chi connectivity index (χ4n) is 2.64. The van der Waals surface area contributed by atoms with E-state index in [4.69, 9.17) is 15.2 Å². The van der Waals surface area contributed by atoms with Crippen LogP contribution in [0.1, 0.15) is 17.5 Å². The van der Waals surface area contributed by atoms with E-state index >= 15 is 0 Å². The number of guanidine groups is 1. The summed E-state index contributed by atoms with van der Waals surface area (Å²) in [6, 6.07) is 10.3. The highest BCUT2D eigenvalue weighted by Gasteiger charge is 2.11. The zero-order valence-corrected chi connectivity index (χ0v) is 18.2. The minimum Gasteiger partial charge on any atom is -0.490 e. The number of nitrogens with two attached hydrogens (primary N) is 1. The van der Waals surface area contributed by atoms with Crippen LogP contribution in [-0.4, -0.2) is 25.4 Å². The van der Waals surface area contributed by atoms with Gasteiger partial charge in [0, 0.05) is 23.9 Å². The summed E-state index contributed by atoms with van der Waals surface area (Å²) < 4.78 is 24.7. The summed E-state index contributed by atoms with van der Waals surface area (Å²) in [4.78, 5) is 4.37. The molecule has 5 nitrogen and oxygen atoms in total. The Morgan fingerprint density at radius 3 is 2.70 bits per heavy atom. The van der Waals surface area contributed by atoms with E-state index in [-0.39, 0.29) is 29.8 Å². The number of hydrogen-bond donors (Lipinski definition) is 2. The van der Waals surface area contributed by atoms with Gasteiger partial charge < -0.3 is 20.5 Å². The van der Waals surface area contributed by atoms with Gasteiger partial charge in [0.05, 0.1) is 19.8 Å². The number of nitrogens with one attached hydrogen (secondary N) is 1. The molecule has 8 heteroatoms. The van der Waals surface area contributed by atoms with Gasteiger partial charge in [-0.3, -0.25) is 0 Å². The second-order valence-corrected chi connectivity index (χ2v) is 6.75. The maximum atomic E-state index is 13.4. The van der Waals surface area contributed by atoms with Crippen LogP contribution in [-0.2, 0) is 12.3 Å².